The van der Waals surface area contributed by atoms with Gasteiger partial charge in [-0.2, -0.15) is 4.98 Å². The lowest BCUT2D eigenvalue weighted by atomic mass is 10.2. The first-order chi connectivity index (χ1) is 8.83. The molecule has 1 aliphatic heterocycles. The summed E-state index contributed by atoms with van der Waals surface area (Å²) in [6.45, 7) is 2.28. The molecule has 6 heteroatoms. The molecule has 0 bridgehead atoms. The monoisotopic (exact) mass is 357 g/mol. The summed E-state index contributed by atoms with van der Waals surface area (Å²) in [4.78, 5) is 4.39. The molecule has 1 N–H and O–H groups in total. The minimum Gasteiger partial charge on any atom is -0.367 e. The number of benzene rings is 1. The van der Waals surface area contributed by atoms with Crippen LogP contribution in [-0.2, 0) is 4.74 Å². The Morgan fingerprint density at radius 1 is 1.28 bits per heavy atom. The molecule has 0 saturated carbocycles. The molecule has 0 aliphatic carbocycles. The Bertz CT molecular complexity index is 520. The SMILES string of the molecule is Ic1ccc(-c2nc(C3CNCCO3)no2)cc1. The summed E-state index contributed by atoms with van der Waals surface area (Å²) in [6, 6.07) is 7.97. The van der Waals surface area contributed by atoms with Crippen LogP contribution in [0.15, 0.2) is 28.8 Å². The first kappa shape index (κ1) is 12.1. The number of morpholine rings is 1. The number of hydrogen-bond donors (Lipinski definition) is 1. The molecule has 1 unspecified atom stereocenters. The van der Waals surface area contributed by atoms with Crippen LogP contribution in [0.5, 0.6) is 0 Å². The second-order valence-corrected chi connectivity index (χ2v) is 5.27. The van der Waals surface area contributed by atoms with E-state index < -0.39 is 0 Å². The first-order valence-electron chi connectivity index (χ1n) is 5.75. The van der Waals surface area contributed by atoms with Crippen molar-refractivity contribution in [2.75, 3.05) is 19.7 Å². The van der Waals surface area contributed by atoms with Gasteiger partial charge in [0.2, 0.25) is 5.82 Å². The van der Waals surface area contributed by atoms with Crippen molar-refractivity contribution in [1.29, 1.82) is 0 Å². The maximum absolute atomic E-state index is 5.58. The van der Waals surface area contributed by atoms with Gasteiger partial charge in [-0.3, -0.25) is 0 Å². The summed E-state index contributed by atoms with van der Waals surface area (Å²) in [5.74, 6) is 1.14. The van der Waals surface area contributed by atoms with Gasteiger partial charge in [-0.05, 0) is 46.9 Å². The van der Waals surface area contributed by atoms with Gasteiger partial charge in [-0.25, -0.2) is 0 Å². The van der Waals surface area contributed by atoms with Crippen molar-refractivity contribution in [3.63, 3.8) is 0 Å². The largest absolute Gasteiger partial charge is 0.367 e. The van der Waals surface area contributed by atoms with Crippen LogP contribution in [-0.4, -0.2) is 29.8 Å². The number of rotatable bonds is 2. The zero-order chi connectivity index (χ0) is 12.4. The number of halogens is 1. The number of nitrogens with zero attached hydrogens (tertiary/aromatic N) is 2. The Labute approximate surface area is 118 Å². The van der Waals surface area contributed by atoms with Crippen molar-refractivity contribution in [3.05, 3.63) is 33.7 Å². The maximum atomic E-state index is 5.58. The molecule has 0 radical (unpaired) electrons. The van der Waals surface area contributed by atoms with E-state index in [0.29, 0.717) is 18.3 Å². The Morgan fingerprint density at radius 2 is 2.11 bits per heavy atom. The summed E-state index contributed by atoms with van der Waals surface area (Å²) in [5.41, 5.74) is 0.929. The van der Waals surface area contributed by atoms with Gasteiger partial charge < -0.3 is 14.6 Å². The fourth-order valence-corrected chi connectivity index (χ4v) is 2.17. The summed E-state index contributed by atoms with van der Waals surface area (Å²) >= 11 is 2.26. The molecule has 2 heterocycles. The first-order valence-corrected chi connectivity index (χ1v) is 6.83. The average Bonchev–Trinajstić information content (AvgIpc) is 2.90. The molecule has 1 aromatic carbocycles. The highest BCUT2D eigenvalue weighted by Gasteiger charge is 2.21. The van der Waals surface area contributed by atoms with E-state index in [9.17, 15) is 0 Å². The lowest BCUT2D eigenvalue weighted by Gasteiger charge is -2.20. The quantitative estimate of drug-likeness (QED) is 0.834. The van der Waals surface area contributed by atoms with Crippen LogP contribution in [0, 0.1) is 3.57 Å². The van der Waals surface area contributed by atoms with E-state index in [-0.39, 0.29) is 6.10 Å². The highest BCUT2D eigenvalue weighted by atomic mass is 127. The minimum absolute atomic E-state index is 0.111. The summed E-state index contributed by atoms with van der Waals surface area (Å²) in [6.07, 6.45) is -0.111. The Balaban J connectivity index is 1.82. The van der Waals surface area contributed by atoms with Gasteiger partial charge in [0.05, 0.1) is 6.61 Å². The Morgan fingerprint density at radius 3 is 2.83 bits per heavy atom. The lowest BCUT2D eigenvalue weighted by Crippen LogP contribution is -2.33. The number of hydrogen-bond acceptors (Lipinski definition) is 5. The molecular formula is C12H12IN3O2. The fraction of sp³-hybridized carbons (Fsp3) is 0.333. The van der Waals surface area contributed by atoms with Gasteiger partial charge in [0.1, 0.15) is 6.10 Å². The predicted molar refractivity (Wildman–Crippen MR) is 74.0 cm³/mol. The van der Waals surface area contributed by atoms with E-state index in [0.717, 1.165) is 18.7 Å². The van der Waals surface area contributed by atoms with Crippen LogP contribution in [0.1, 0.15) is 11.9 Å². The molecule has 0 spiro atoms. The zero-order valence-corrected chi connectivity index (χ0v) is 11.8. The molecule has 5 nitrogen and oxygen atoms in total. The molecule has 3 rings (SSSR count). The van der Waals surface area contributed by atoms with Crippen molar-refractivity contribution >= 4 is 22.6 Å². The third-order valence-corrected chi connectivity index (χ3v) is 3.47. The van der Waals surface area contributed by atoms with E-state index in [1.165, 1.54) is 3.57 Å². The molecule has 2 aromatic rings. The molecule has 1 fully saturated rings. The highest BCUT2D eigenvalue weighted by Crippen LogP contribution is 2.22. The van der Waals surface area contributed by atoms with Crippen LogP contribution in [0.2, 0.25) is 0 Å². The second-order valence-electron chi connectivity index (χ2n) is 4.03. The average molecular weight is 357 g/mol. The van der Waals surface area contributed by atoms with Crippen LogP contribution >= 0.6 is 22.6 Å². The number of ether oxygens (including phenoxy) is 1. The lowest BCUT2D eigenvalue weighted by molar-refractivity contribution is 0.0208. The Hall–Kier alpha value is -0.990. The van der Waals surface area contributed by atoms with Crippen LogP contribution in [0.25, 0.3) is 11.5 Å². The summed E-state index contributed by atoms with van der Waals surface area (Å²) in [7, 11) is 0. The van der Waals surface area contributed by atoms with Crippen molar-refractivity contribution in [2.24, 2.45) is 0 Å². The predicted octanol–water partition coefficient (Wildman–Crippen LogP) is 2.00. The van der Waals surface area contributed by atoms with E-state index >= 15 is 0 Å². The van der Waals surface area contributed by atoms with E-state index in [4.69, 9.17) is 9.26 Å². The standard InChI is InChI=1S/C12H12IN3O2/c13-9-3-1-8(2-4-9)12-15-11(16-18-12)10-7-14-5-6-17-10/h1-4,10,14H,5-7H2. The second kappa shape index (κ2) is 5.33. The minimum atomic E-state index is -0.111. The van der Waals surface area contributed by atoms with Crippen molar-refractivity contribution in [3.8, 4) is 11.5 Å². The topological polar surface area (TPSA) is 60.2 Å². The van der Waals surface area contributed by atoms with Crippen molar-refractivity contribution in [2.45, 2.75) is 6.10 Å². The fourth-order valence-electron chi connectivity index (χ4n) is 1.81. The third kappa shape index (κ3) is 2.55. The van der Waals surface area contributed by atoms with Crippen LogP contribution in [0.3, 0.4) is 0 Å². The third-order valence-electron chi connectivity index (χ3n) is 2.75. The van der Waals surface area contributed by atoms with Gasteiger partial charge in [0.15, 0.2) is 0 Å². The Kier molecular flexibility index (Phi) is 3.57. The summed E-state index contributed by atoms with van der Waals surface area (Å²) < 4.78 is 12.0. The molecule has 18 heavy (non-hydrogen) atoms. The molecule has 1 saturated heterocycles. The van der Waals surface area contributed by atoms with Crippen LogP contribution < -0.4 is 5.32 Å². The maximum Gasteiger partial charge on any atom is 0.258 e. The van der Waals surface area contributed by atoms with Gasteiger partial charge in [0.25, 0.3) is 5.89 Å². The van der Waals surface area contributed by atoms with Gasteiger partial charge in [0, 0.05) is 22.2 Å². The van der Waals surface area contributed by atoms with Crippen molar-refractivity contribution in [1.82, 2.24) is 15.5 Å². The van der Waals surface area contributed by atoms with E-state index in [1.54, 1.807) is 0 Å². The molecule has 1 aromatic heterocycles. The molecule has 0 amide bonds. The molecule has 1 aliphatic rings. The molecule has 1 atom stereocenters. The summed E-state index contributed by atoms with van der Waals surface area (Å²) in [5, 5.41) is 7.23. The van der Waals surface area contributed by atoms with Crippen LogP contribution in [0.4, 0.5) is 0 Å². The number of aromatic nitrogens is 2. The van der Waals surface area contributed by atoms with Gasteiger partial charge in [-0.1, -0.05) is 5.16 Å². The highest BCUT2D eigenvalue weighted by molar-refractivity contribution is 14.1. The van der Waals surface area contributed by atoms with E-state index in [1.807, 2.05) is 24.3 Å². The van der Waals surface area contributed by atoms with E-state index in [2.05, 4.69) is 38.0 Å². The molecular weight excluding hydrogens is 345 g/mol. The van der Waals surface area contributed by atoms with Crippen molar-refractivity contribution < 1.29 is 9.26 Å². The smallest absolute Gasteiger partial charge is 0.258 e. The van der Waals surface area contributed by atoms with Gasteiger partial charge >= 0.3 is 0 Å². The normalized spacial score (nSPS) is 19.9. The van der Waals surface area contributed by atoms with Gasteiger partial charge in [-0.15, -0.1) is 0 Å². The zero-order valence-electron chi connectivity index (χ0n) is 9.60. The number of nitrogens with one attached hydrogen (secondary N) is 1. The molecule has 94 valence electrons.